The van der Waals surface area contributed by atoms with Gasteiger partial charge in [0.25, 0.3) is 0 Å². The molecule has 140 valence electrons. The van der Waals surface area contributed by atoms with Crippen molar-refractivity contribution in [2.45, 2.75) is 71.0 Å². The van der Waals surface area contributed by atoms with E-state index in [0.717, 1.165) is 48.6 Å². The maximum atomic E-state index is 13.8. The highest BCUT2D eigenvalue weighted by atomic mass is 28.4. The van der Waals surface area contributed by atoms with Gasteiger partial charge in [-0.2, -0.15) is 0 Å². The number of fused-ring (bicyclic) bond motifs is 1. The van der Waals surface area contributed by atoms with Crippen molar-refractivity contribution >= 4 is 19.2 Å². The molecule has 0 unspecified atom stereocenters. The van der Waals surface area contributed by atoms with Crippen LogP contribution in [0, 0.1) is 5.82 Å². The van der Waals surface area contributed by atoms with Gasteiger partial charge in [0, 0.05) is 17.6 Å². The largest absolute Gasteiger partial charge is 0.493 e. The molecular formula is C20H32FNO2Si. The van der Waals surface area contributed by atoms with Crippen LogP contribution in [0.15, 0.2) is 18.3 Å². The Morgan fingerprint density at radius 2 is 1.96 bits per heavy atom. The van der Waals surface area contributed by atoms with E-state index in [1.807, 2.05) is 19.3 Å². The van der Waals surface area contributed by atoms with E-state index in [2.05, 4.69) is 25.8 Å². The van der Waals surface area contributed by atoms with E-state index in [9.17, 15) is 9.19 Å². The van der Waals surface area contributed by atoms with Crippen LogP contribution in [-0.2, 0) is 6.42 Å². The van der Waals surface area contributed by atoms with Crippen molar-refractivity contribution in [3.63, 3.8) is 0 Å². The summed E-state index contributed by atoms with van der Waals surface area (Å²) >= 11 is 0. The van der Waals surface area contributed by atoms with E-state index in [-0.39, 0.29) is 10.9 Å². The maximum absolute atomic E-state index is 13.8. The number of rotatable bonds is 9. The Morgan fingerprint density at radius 3 is 2.60 bits per heavy atom. The molecule has 3 nitrogen and oxygen atoms in total. The van der Waals surface area contributed by atoms with Crippen LogP contribution in [0.4, 0.5) is 4.39 Å². The fraction of sp³-hybridized carbons (Fsp3) is 0.600. The number of aromatic amines is 1. The molecule has 0 spiro atoms. The van der Waals surface area contributed by atoms with Gasteiger partial charge in [-0.1, -0.05) is 27.2 Å². The summed E-state index contributed by atoms with van der Waals surface area (Å²) in [6, 6.07) is 3.02. The molecule has 0 saturated heterocycles. The number of ether oxygens (including phenoxy) is 1. The van der Waals surface area contributed by atoms with Crippen molar-refractivity contribution in [1.29, 1.82) is 0 Å². The van der Waals surface area contributed by atoms with E-state index >= 15 is 0 Å². The van der Waals surface area contributed by atoms with Crippen LogP contribution in [0.3, 0.4) is 0 Å². The predicted octanol–water partition coefficient (Wildman–Crippen LogP) is 5.79. The number of benzene rings is 1. The second kappa shape index (κ2) is 7.91. The van der Waals surface area contributed by atoms with Crippen LogP contribution < -0.4 is 4.74 Å². The van der Waals surface area contributed by atoms with Crippen LogP contribution in [0.5, 0.6) is 5.75 Å². The second-order valence-corrected chi connectivity index (χ2v) is 12.6. The first kappa shape index (κ1) is 20.0. The second-order valence-electron chi connectivity index (χ2n) is 8.14. The lowest BCUT2D eigenvalue weighted by molar-refractivity contribution is 0.311. The van der Waals surface area contributed by atoms with Crippen LogP contribution in [0.1, 0.15) is 52.0 Å². The van der Waals surface area contributed by atoms with Crippen LogP contribution in [0.25, 0.3) is 10.9 Å². The quantitative estimate of drug-likeness (QED) is 0.436. The molecule has 25 heavy (non-hydrogen) atoms. The van der Waals surface area contributed by atoms with E-state index in [1.165, 1.54) is 12.1 Å². The molecule has 0 aliphatic rings. The van der Waals surface area contributed by atoms with Crippen molar-refractivity contribution < 1.29 is 13.9 Å². The third-order valence-corrected chi connectivity index (χ3v) is 9.01. The van der Waals surface area contributed by atoms with E-state index in [1.54, 1.807) is 0 Å². The molecule has 0 aliphatic heterocycles. The Balaban J connectivity index is 2.16. The van der Waals surface area contributed by atoms with Gasteiger partial charge in [0.1, 0.15) is 11.6 Å². The van der Waals surface area contributed by atoms with Gasteiger partial charge >= 0.3 is 0 Å². The van der Waals surface area contributed by atoms with Crippen molar-refractivity contribution in [3.8, 4) is 5.75 Å². The highest BCUT2D eigenvalue weighted by Crippen LogP contribution is 2.40. The summed E-state index contributed by atoms with van der Waals surface area (Å²) in [7, 11) is -2.18. The lowest BCUT2D eigenvalue weighted by Gasteiger charge is -2.35. The summed E-state index contributed by atoms with van der Waals surface area (Å²) in [5, 5.41) is 0.974. The monoisotopic (exact) mass is 365 g/mol. The Bertz CT molecular complexity index is 704. The van der Waals surface area contributed by atoms with E-state index < -0.39 is 8.32 Å². The SMILES string of the molecule is CCCCOc1cc(F)cc2[nH]cc(CCCC(C)(C)[Si](C)(C)O)c12. The Kier molecular flexibility index (Phi) is 6.33. The van der Waals surface area contributed by atoms with Crippen LogP contribution in [-0.4, -0.2) is 24.7 Å². The van der Waals surface area contributed by atoms with Gasteiger partial charge in [-0.25, -0.2) is 4.39 Å². The normalized spacial score (nSPS) is 12.8. The third kappa shape index (κ3) is 4.85. The molecule has 0 aliphatic carbocycles. The van der Waals surface area contributed by atoms with Crippen molar-refractivity contribution in [2.75, 3.05) is 6.61 Å². The molecule has 2 N–H and O–H groups in total. The lowest BCUT2D eigenvalue weighted by atomic mass is 10.0. The van der Waals surface area contributed by atoms with Crippen molar-refractivity contribution in [1.82, 2.24) is 4.98 Å². The highest BCUT2D eigenvalue weighted by Gasteiger charge is 2.37. The molecule has 0 atom stereocenters. The highest BCUT2D eigenvalue weighted by molar-refractivity contribution is 6.72. The molecule has 0 radical (unpaired) electrons. The Hall–Kier alpha value is -1.33. The van der Waals surface area contributed by atoms with Crippen LogP contribution in [0.2, 0.25) is 18.1 Å². The minimum atomic E-state index is -2.18. The van der Waals surface area contributed by atoms with Gasteiger partial charge in [0.2, 0.25) is 0 Å². The van der Waals surface area contributed by atoms with Gasteiger partial charge < -0.3 is 14.5 Å². The minimum absolute atomic E-state index is 0.0221. The topological polar surface area (TPSA) is 45.2 Å². The van der Waals surface area contributed by atoms with Gasteiger partial charge in [-0.3, -0.25) is 0 Å². The zero-order valence-electron chi connectivity index (χ0n) is 16.2. The van der Waals surface area contributed by atoms with E-state index in [0.29, 0.717) is 12.4 Å². The fourth-order valence-electron chi connectivity index (χ4n) is 2.93. The number of hydrogen-bond donors (Lipinski definition) is 2. The Labute approximate surface area is 151 Å². The number of H-pyrrole nitrogens is 1. The van der Waals surface area contributed by atoms with E-state index in [4.69, 9.17) is 4.74 Å². The average molecular weight is 366 g/mol. The standard InChI is InChI=1S/C20H32FNO2Si/c1-6-7-11-24-18-13-16(21)12-17-19(18)15(14-22-17)9-8-10-20(2,3)25(4,5)23/h12-14,22-23H,6-11H2,1-5H3. The number of nitrogens with one attached hydrogen (secondary N) is 1. The lowest BCUT2D eigenvalue weighted by Crippen LogP contribution is -2.38. The molecule has 0 bridgehead atoms. The molecular weight excluding hydrogens is 333 g/mol. The zero-order chi connectivity index (χ0) is 18.7. The molecule has 1 heterocycles. The van der Waals surface area contributed by atoms with Crippen molar-refractivity contribution in [2.24, 2.45) is 0 Å². The Morgan fingerprint density at radius 1 is 1.24 bits per heavy atom. The molecule has 1 aromatic heterocycles. The fourth-order valence-corrected chi connectivity index (χ4v) is 3.72. The molecule has 1 aromatic carbocycles. The van der Waals surface area contributed by atoms with Crippen molar-refractivity contribution in [3.05, 3.63) is 29.7 Å². The predicted molar refractivity (Wildman–Crippen MR) is 105 cm³/mol. The summed E-state index contributed by atoms with van der Waals surface area (Å²) < 4.78 is 19.7. The molecule has 2 aromatic rings. The summed E-state index contributed by atoms with van der Waals surface area (Å²) in [4.78, 5) is 13.6. The van der Waals surface area contributed by atoms with Gasteiger partial charge in [0.15, 0.2) is 8.32 Å². The smallest absolute Gasteiger partial charge is 0.188 e. The van der Waals surface area contributed by atoms with Crippen LogP contribution >= 0.6 is 0 Å². The minimum Gasteiger partial charge on any atom is -0.493 e. The first-order valence-corrected chi connectivity index (χ1v) is 12.2. The summed E-state index contributed by atoms with van der Waals surface area (Å²) in [6.45, 7) is 11.0. The number of hydrogen-bond acceptors (Lipinski definition) is 2. The average Bonchev–Trinajstić information content (AvgIpc) is 2.89. The molecule has 2 rings (SSSR count). The van der Waals surface area contributed by atoms with Gasteiger partial charge in [-0.15, -0.1) is 0 Å². The first-order valence-electron chi connectivity index (χ1n) is 9.30. The number of halogens is 1. The molecule has 0 fully saturated rings. The molecule has 5 heteroatoms. The number of aryl methyl sites for hydroxylation is 1. The molecule has 0 amide bonds. The summed E-state index contributed by atoms with van der Waals surface area (Å²) in [5.41, 5.74) is 1.95. The zero-order valence-corrected chi connectivity index (χ0v) is 17.2. The molecule has 0 saturated carbocycles. The third-order valence-electron chi connectivity index (χ3n) is 5.45. The first-order chi connectivity index (χ1) is 11.7. The maximum Gasteiger partial charge on any atom is 0.188 e. The number of aromatic nitrogens is 1. The van der Waals surface area contributed by atoms with Gasteiger partial charge in [0.05, 0.1) is 12.1 Å². The van der Waals surface area contributed by atoms with Gasteiger partial charge in [-0.05, 0) is 55.4 Å². The summed E-state index contributed by atoms with van der Waals surface area (Å²) in [5.74, 6) is 0.359. The number of unbranched alkanes of at least 4 members (excludes halogenated alkanes) is 1. The summed E-state index contributed by atoms with van der Waals surface area (Å²) in [6.07, 6.45) is 6.83.